The van der Waals surface area contributed by atoms with Gasteiger partial charge in [0.1, 0.15) is 5.75 Å². The average Bonchev–Trinajstić information content (AvgIpc) is 3.05. The fourth-order valence-electron chi connectivity index (χ4n) is 5.25. The highest BCUT2D eigenvalue weighted by atomic mass is 19.2. The Morgan fingerprint density at radius 3 is 1.18 bits per heavy atom. The van der Waals surface area contributed by atoms with Gasteiger partial charge in [0, 0.05) is 0 Å². The molecule has 0 saturated heterocycles. The summed E-state index contributed by atoms with van der Waals surface area (Å²) in [4.78, 5) is 0. The molecule has 1 aliphatic rings. The van der Waals surface area contributed by atoms with Crippen molar-refractivity contribution < 1.29 is 80.3 Å². The maximum Gasteiger partial charge on any atom is 0.617 e. The second kappa shape index (κ2) is 13.0. The number of hydrogen-bond acceptors (Lipinski definition) is 3. The quantitative estimate of drug-likeness (QED) is 0.118. The van der Waals surface area contributed by atoms with Gasteiger partial charge >= 0.3 is 7.12 Å². The van der Waals surface area contributed by atoms with Crippen LogP contribution < -0.4 is 9.31 Å². The molecule has 0 fully saturated rings. The van der Waals surface area contributed by atoms with E-state index in [-0.39, 0.29) is 11.1 Å². The number of allylic oxidation sites excluding steroid dienone is 4. The Morgan fingerprint density at radius 2 is 0.863 bits per heavy atom. The van der Waals surface area contributed by atoms with Gasteiger partial charge in [-0.05, 0) is 27.5 Å². The summed E-state index contributed by atoms with van der Waals surface area (Å²) in [5.41, 5.74) is -4.70. The summed E-state index contributed by atoms with van der Waals surface area (Å²) in [6, 6.07) is 1.08. The van der Waals surface area contributed by atoms with Crippen molar-refractivity contribution in [2.45, 2.75) is 63.9 Å². The third kappa shape index (κ3) is 6.05. The molecule has 0 radical (unpaired) electrons. The van der Waals surface area contributed by atoms with Gasteiger partial charge in [0.25, 0.3) is 0 Å². The van der Waals surface area contributed by atoms with Gasteiger partial charge in [-0.2, -0.15) is 17.6 Å². The van der Waals surface area contributed by atoms with E-state index in [1.807, 2.05) is 0 Å². The number of aromatic hydroxyl groups is 1. The molecule has 0 amide bonds. The number of benzene rings is 3. The van der Waals surface area contributed by atoms with Crippen LogP contribution in [0.15, 0.2) is 35.4 Å². The minimum Gasteiger partial charge on any atom is -0.521 e. The number of alkyl halides is 1. The Balaban J connectivity index is 2.30. The molecule has 51 heavy (non-hydrogen) atoms. The second-order valence-electron chi connectivity index (χ2n) is 13.3. The molecule has 4 rings (SSSR count). The van der Waals surface area contributed by atoms with Crippen molar-refractivity contribution in [3.8, 4) is 17.2 Å². The molecule has 0 spiro atoms. The highest BCUT2D eigenvalue weighted by Gasteiger charge is 2.67. The molecule has 2 atom stereocenters. The predicted octanol–water partition coefficient (Wildman–Crippen LogP) is 10.5. The van der Waals surface area contributed by atoms with E-state index in [1.165, 1.54) is 41.5 Å². The molecule has 19 heteroatoms. The summed E-state index contributed by atoms with van der Waals surface area (Å²) in [6.07, 6.45) is -4.16. The maximum atomic E-state index is 16.6. The first-order chi connectivity index (χ1) is 23.2. The summed E-state index contributed by atoms with van der Waals surface area (Å²) in [6.45, 7) is 8.17. The van der Waals surface area contributed by atoms with E-state index in [0.29, 0.717) is 12.1 Å². The van der Waals surface area contributed by atoms with Crippen molar-refractivity contribution >= 4 is 7.12 Å². The predicted molar refractivity (Wildman–Crippen MR) is 150 cm³/mol. The molecule has 1 aliphatic carbocycles. The molecule has 276 valence electrons. The van der Waals surface area contributed by atoms with Gasteiger partial charge in [0.15, 0.2) is 46.3 Å². The average molecular weight is 750 g/mol. The lowest BCUT2D eigenvalue weighted by molar-refractivity contribution is 0.186. The largest absolute Gasteiger partial charge is 0.617 e. The van der Waals surface area contributed by atoms with E-state index in [9.17, 15) is 53.4 Å². The van der Waals surface area contributed by atoms with Gasteiger partial charge in [-0.3, -0.25) is 0 Å². The second-order valence-corrected chi connectivity index (χ2v) is 13.3. The Hall–Kier alpha value is -4.45. The lowest BCUT2D eigenvalue weighted by Crippen LogP contribution is -2.60. The lowest BCUT2D eigenvalue weighted by Gasteiger charge is -2.41. The highest BCUT2D eigenvalue weighted by molar-refractivity contribution is 6.52. The molecule has 0 aliphatic heterocycles. The first kappa shape index (κ1) is 39.3. The molecule has 3 aromatic carbocycles. The molecule has 2 unspecified atom stereocenters. The fourth-order valence-corrected chi connectivity index (χ4v) is 5.25. The standard InChI is InChI=1S/C32H22BF15O3/c1-30(2,3)10-7-9(8-11(25(10)49)31(4,5)6)32(28(47)23(45)18(40)24(46)29(32)48)33(50-26-19(41)14(36)12(34)15(37)20(26)42)51-27-21(43)16(38)13(35)17(39)22(27)44/h7-8,28,49H,1-6H3. The highest BCUT2D eigenvalue weighted by Crippen LogP contribution is 2.54. The van der Waals surface area contributed by atoms with Crippen molar-refractivity contribution in [2.24, 2.45) is 0 Å². The van der Waals surface area contributed by atoms with Crippen molar-refractivity contribution in [3.63, 3.8) is 0 Å². The molecule has 0 bridgehead atoms. The minimum atomic E-state index is -4.42. The minimum absolute atomic E-state index is 0.369. The zero-order chi connectivity index (χ0) is 39.0. The monoisotopic (exact) mass is 750 g/mol. The Kier molecular flexibility index (Phi) is 9.99. The fraction of sp³-hybridized carbons (Fsp3) is 0.312. The molecule has 0 heterocycles. The van der Waals surface area contributed by atoms with Gasteiger partial charge < -0.3 is 14.4 Å². The van der Waals surface area contributed by atoms with Crippen LogP contribution in [0.4, 0.5) is 65.9 Å². The topological polar surface area (TPSA) is 38.7 Å². The molecular weight excluding hydrogens is 728 g/mol. The third-order valence-corrected chi connectivity index (χ3v) is 7.94. The summed E-state index contributed by atoms with van der Waals surface area (Å²) in [7, 11) is -4.01. The Bertz CT molecular complexity index is 1850. The summed E-state index contributed by atoms with van der Waals surface area (Å²) in [5, 5.41) is 6.74. The van der Waals surface area contributed by atoms with Crippen LogP contribution in [-0.4, -0.2) is 18.4 Å². The lowest BCUT2D eigenvalue weighted by atomic mass is 9.48. The number of phenols is 1. The van der Waals surface area contributed by atoms with Crippen LogP contribution in [0.5, 0.6) is 17.2 Å². The summed E-state index contributed by atoms with van der Waals surface area (Å²) < 4.78 is 232. The van der Waals surface area contributed by atoms with E-state index in [4.69, 9.17) is 0 Å². The van der Waals surface area contributed by atoms with E-state index >= 15 is 17.6 Å². The maximum absolute atomic E-state index is 16.6. The van der Waals surface area contributed by atoms with Crippen molar-refractivity contribution in [1.82, 2.24) is 0 Å². The Labute approximate surface area is 279 Å². The SMILES string of the molecule is CC(C)(C)c1cc(C2(B(Oc3c(F)c(F)c(F)c(F)c3F)Oc3c(F)c(F)c(F)c(F)c3F)C(F)=C(F)C(F)=C(F)C2F)cc(C(C)(C)C)c1O. The molecule has 3 nitrogen and oxygen atoms in total. The van der Waals surface area contributed by atoms with E-state index in [1.54, 1.807) is 0 Å². The van der Waals surface area contributed by atoms with Crippen LogP contribution >= 0.6 is 0 Å². The first-order valence-corrected chi connectivity index (χ1v) is 14.2. The van der Waals surface area contributed by atoms with E-state index in [0.717, 1.165) is 0 Å². The summed E-state index contributed by atoms with van der Waals surface area (Å²) in [5.74, 6) is -46.6. The smallest absolute Gasteiger partial charge is 0.521 e. The van der Waals surface area contributed by atoms with Crippen LogP contribution in [0.2, 0.25) is 0 Å². The summed E-state index contributed by atoms with van der Waals surface area (Å²) >= 11 is 0. The van der Waals surface area contributed by atoms with Gasteiger partial charge in [-0.15, -0.1) is 0 Å². The van der Waals surface area contributed by atoms with E-state index in [2.05, 4.69) is 9.31 Å². The zero-order valence-electron chi connectivity index (χ0n) is 26.7. The molecular formula is C32H22BF15O3. The van der Waals surface area contributed by atoms with Crippen LogP contribution in [-0.2, 0) is 16.1 Å². The zero-order valence-corrected chi connectivity index (χ0v) is 26.7. The van der Waals surface area contributed by atoms with Crippen molar-refractivity contribution in [1.29, 1.82) is 0 Å². The van der Waals surface area contributed by atoms with Crippen molar-refractivity contribution in [3.05, 3.63) is 110 Å². The van der Waals surface area contributed by atoms with Gasteiger partial charge in [-0.1, -0.05) is 53.7 Å². The van der Waals surface area contributed by atoms with Gasteiger partial charge in [0.2, 0.25) is 58.2 Å². The number of rotatable bonds is 6. The normalized spacial score (nSPS) is 18.5. The van der Waals surface area contributed by atoms with Crippen molar-refractivity contribution in [2.75, 3.05) is 0 Å². The number of phenolic OH excluding ortho intramolecular Hbond substituents is 1. The molecule has 3 aromatic rings. The van der Waals surface area contributed by atoms with Crippen LogP contribution in [0, 0.1) is 58.2 Å². The number of halogens is 15. The van der Waals surface area contributed by atoms with Gasteiger partial charge in [0.05, 0.1) is 0 Å². The molecule has 1 N–H and O–H groups in total. The molecule has 0 aromatic heterocycles. The van der Waals surface area contributed by atoms with Crippen LogP contribution in [0.25, 0.3) is 0 Å². The number of hydrogen-bond donors (Lipinski definition) is 1. The van der Waals surface area contributed by atoms with Crippen LogP contribution in [0.1, 0.15) is 58.2 Å². The Morgan fingerprint density at radius 1 is 0.549 bits per heavy atom. The third-order valence-electron chi connectivity index (χ3n) is 7.94. The van der Waals surface area contributed by atoms with Gasteiger partial charge in [-0.25, -0.2) is 48.3 Å². The van der Waals surface area contributed by atoms with Crippen LogP contribution in [0.3, 0.4) is 0 Å². The first-order valence-electron chi connectivity index (χ1n) is 14.2. The van der Waals surface area contributed by atoms with E-state index < -0.39 is 134 Å². The molecule has 0 saturated carbocycles.